The van der Waals surface area contributed by atoms with Gasteiger partial charge in [0.2, 0.25) is 10.0 Å². The molecular formula is C14H21NO3S. The summed E-state index contributed by atoms with van der Waals surface area (Å²) < 4.78 is 32.4. The van der Waals surface area contributed by atoms with E-state index in [0.29, 0.717) is 12.3 Å². The average Bonchev–Trinajstić information content (AvgIpc) is 2.39. The van der Waals surface area contributed by atoms with E-state index in [4.69, 9.17) is 4.74 Å². The minimum Gasteiger partial charge on any atom is -0.495 e. The molecule has 0 radical (unpaired) electrons. The topological polar surface area (TPSA) is 46.6 Å². The van der Waals surface area contributed by atoms with E-state index in [0.717, 1.165) is 24.8 Å². The molecule has 1 aromatic carbocycles. The van der Waals surface area contributed by atoms with Crippen molar-refractivity contribution < 1.29 is 13.2 Å². The molecule has 0 saturated carbocycles. The molecule has 0 aromatic heterocycles. The quantitative estimate of drug-likeness (QED) is 0.856. The highest BCUT2D eigenvalue weighted by Gasteiger charge is 2.32. The number of hydrogen-bond acceptors (Lipinski definition) is 3. The first-order valence-electron chi connectivity index (χ1n) is 6.63. The number of methoxy groups -OCH3 is 1. The van der Waals surface area contributed by atoms with Crippen LogP contribution >= 0.6 is 0 Å². The van der Waals surface area contributed by atoms with Gasteiger partial charge in [0.25, 0.3) is 0 Å². The maximum absolute atomic E-state index is 12.8. The van der Waals surface area contributed by atoms with Crippen LogP contribution in [-0.2, 0) is 10.0 Å². The number of ether oxygens (including phenoxy) is 1. The minimum absolute atomic E-state index is 0.0592. The number of nitrogens with zero attached hydrogens (tertiary/aromatic N) is 1. The van der Waals surface area contributed by atoms with Crippen molar-refractivity contribution >= 4 is 10.0 Å². The lowest BCUT2D eigenvalue weighted by molar-refractivity contribution is 0.267. The third kappa shape index (κ3) is 2.77. The summed E-state index contributed by atoms with van der Waals surface area (Å²) in [6.07, 6.45) is 2.95. The molecule has 1 saturated heterocycles. The number of rotatable bonds is 3. The number of sulfonamides is 1. The van der Waals surface area contributed by atoms with Crippen LogP contribution in [0.1, 0.15) is 31.7 Å². The predicted octanol–water partition coefficient (Wildman–Crippen LogP) is 2.57. The zero-order chi connectivity index (χ0) is 14.0. The van der Waals surface area contributed by atoms with E-state index < -0.39 is 10.0 Å². The van der Waals surface area contributed by atoms with Gasteiger partial charge in [-0.15, -0.1) is 0 Å². The van der Waals surface area contributed by atoms with Crippen LogP contribution in [0.3, 0.4) is 0 Å². The number of benzene rings is 1. The minimum atomic E-state index is -3.47. The van der Waals surface area contributed by atoms with E-state index >= 15 is 0 Å². The molecule has 1 aliphatic heterocycles. The van der Waals surface area contributed by atoms with Crippen LogP contribution in [-0.4, -0.2) is 32.4 Å². The molecule has 1 aromatic rings. The molecule has 0 unspecified atom stereocenters. The molecule has 106 valence electrons. The lowest BCUT2D eigenvalue weighted by Crippen LogP contribution is -2.42. The van der Waals surface area contributed by atoms with Gasteiger partial charge in [0, 0.05) is 12.6 Å². The van der Waals surface area contributed by atoms with Crippen LogP contribution in [0, 0.1) is 6.92 Å². The van der Waals surface area contributed by atoms with Gasteiger partial charge in [-0.25, -0.2) is 8.42 Å². The Morgan fingerprint density at radius 1 is 1.32 bits per heavy atom. The van der Waals surface area contributed by atoms with Gasteiger partial charge in [-0.3, -0.25) is 0 Å². The summed E-state index contributed by atoms with van der Waals surface area (Å²) in [5, 5.41) is 0. The fourth-order valence-electron chi connectivity index (χ4n) is 2.54. The molecule has 0 bridgehead atoms. The van der Waals surface area contributed by atoms with Gasteiger partial charge in [-0.05, 0) is 44.4 Å². The van der Waals surface area contributed by atoms with E-state index in [1.165, 1.54) is 7.11 Å². The number of aryl methyl sites for hydroxylation is 1. The Morgan fingerprint density at radius 2 is 2.05 bits per heavy atom. The van der Waals surface area contributed by atoms with Crippen LogP contribution in [0.2, 0.25) is 0 Å². The fourth-order valence-corrected chi connectivity index (χ4v) is 4.48. The van der Waals surface area contributed by atoms with Crippen molar-refractivity contribution in [1.29, 1.82) is 0 Å². The zero-order valence-electron chi connectivity index (χ0n) is 11.7. The van der Waals surface area contributed by atoms with Crippen molar-refractivity contribution in [3.05, 3.63) is 23.8 Å². The average molecular weight is 283 g/mol. The van der Waals surface area contributed by atoms with E-state index in [-0.39, 0.29) is 10.9 Å². The Bertz CT molecular complexity index is 554. The molecule has 1 atom stereocenters. The molecule has 0 amide bonds. The third-order valence-corrected chi connectivity index (χ3v) is 5.68. The molecule has 1 heterocycles. The molecule has 2 rings (SSSR count). The van der Waals surface area contributed by atoms with E-state index in [1.807, 2.05) is 19.9 Å². The third-order valence-electron chi connectivity index (χ3n) is 3.65. The first-order chi connectivity index (χ1) is 8.96. The highest BCUT2D eigenvalue weighted by atomic mass is 32.2. The molecule has 0 N–H and O–H groups in total. The molecule has 4 nitrogen and oxygen atoms in total. The Morgan fingerprint density at radius 3 is 2.68 bits per heavy atom. The van der Waals surface area contributed by atoms with Crippen molar-refractivity contribution in [2.24, 2.45) is 0 Å². The first kappa shape index (κ1) is 14.3. The fraction of sp³-hybridized carbons (Fsp3) is 0.571. The number of hydrogen-bond donors (Lipinski definition) is 0. The molecule has 1 fully saturated rings. The van der Waals surface area contributed by atoms with Gasteiger partial charge >= 0.3 is 0 Å². The Hall–Kier alpha value is -1.07. The second-order valence-corrected chi connectivity index (χ2v) is 6.97. The Kier molecular flexibility index (Phi) is 4.16. The van der Waals surface area contributed by atoms with Gasteiger partial charge in [-0.2, -0.15) is 4.31 Å². The standard InChI is InChI=1S/C14H21NO3S/c1-11-7-8-13(18-3)14(10-11)19(16,17)15-9-5-4-6-12(15)2/h7-8,10,12H,4-6,9H2,1-3H3/t12-/m1/s1. The summed E-state index contributed by atoms with van der Waals surface area (Å²) in [5.74, 6) is 0.420. The van der Waals surface area contributed by atoms with Crippen LogP contribution in [0.15, 0.2) is 23.1 Å². The lowest BCUT2D eigenvalue weighted by Gasteiger charge is -2.32. The summed E-state index contributed by atoms with van der Waals surface area (Å²) in [5.41, 5.74) is 0.920. The molecule has 1 aliphatic rings. The highest BCUT2D eigenvalue weighted by Crippen LogP contribution is 2.31. The summed E-state index contributed by atoms with van der Waals surface area (Å²) in [7, 11) is -1.96. The van der Waals surface area contributed by atoms with Crippen molar-refractivity contribution in [2.75, 3.05) is 13.7 Å². The molecule has 0 aliphatic carbocycles. The Balaban J connectivity index is 2.46. The van der Waals surface area contributed by atoms with Gasteiger partial charge < -0.3 is 4.74 Å². The van der Waals surface area contributed by atoms with E-state index in [2.05, 4.69) is 0 Å². The number of piperidine rings is 1. The van der Waals surface area contributed by atoms with Gasteiger partial charge in [0.15, 0.2) is 0 Å². The SMILES string of the molecule is COc1ccc(C)cc1S(=O)(=O)N1CCCC[C@H]1C. The predicted molar refractivity (Wildman–Crippen MR) is 74.9 cm³/mol. The normalized spacial score (nSPS) is 21.3. The van der Waals surface area contributed by atoms with Crippen LogP contribution < -0.4 is 4.74 Å². The van der Waals surface area contributed by atoms with Crippen molar-refractivity contribution in [2.45, 2.75) is 44.0 Å². The second-order valence-electron chi connectivity index (χ2n) is 5.11. The molecule has 19 heavy (non-hydrogen) atoms. The Labute approximate surface area is 115 Å². The van der Waals surface area contributed by atoms with Gasteiger partial charge in [-0.1, -0.05) is 12.5 Å². The van der Waals surface area contributed by atoms with Crippen molar-refractivity contribution in [1.82, 2.24) is 4.31 Å². The molecule has 5 heteroatoms. The van der Waals surface area contributed by atoms with Gasteiger partial charge in [0.05, 0.1) is 7.11 Å². The monoisotopic (exact) mass is 283 g/mol. The van der Waals surface area contributed by atoms with Gasteiger partial charge in [0.1, 0.15) is 10.6 Å². The van der Waals surface area contributed by atoms with Crippen molar-refractivity contribution in [3.63, 3.8) is 0 Å². The maximum Gasteiger partial charge on any atom is 0.247 e. The van der Waals surface area contributed by atoms with E-state index in [9.17, 15) is 8.42 Å². The van der Waals surface area contributed by atoms with E-state index in [1.54, 1.807) is 16.4 Å². The maximum atomic E-state index is 12.8. The van der Waals surface area contributed by atoms with Crippen LogP contribution in [0.5, 0.6) is 5.75 Å². The highest BCUT2D eigenvalue weighted by molar-refractivity contribution is 7.89. The van der Waals surface area contributed by atoms with Crippen LogP contribution in [0.4, 0.5) is 0 Å². The summed E-state index contributed by atoms with van der Waals surface area (Å²) in [6, 6.07) is 5.33. The zero-order valence-corrected chi connectivity index (χ0v) is 12.5. The first-order valence-corrected chi connectivity index (χ1v) is 8.07. The van der Waals surface area contributed by atoms with Crippen LogP contribution in [0.25, 0.3) is 0 Å². The second kappa shape index (κ2) is 5.51. The van der Waals surface area contributed by atoms with Crippen molar-refractivity contribution in [3.8, 4) is 5.75 Å². The lowest BCUT2D eigenvalue weighted by atomic mass is 10.1. The smallest absolute Gasteiger partial charge is 0.247 e. The molecular weight excluding hydrogens is 262 g/mol. The summed E-state index contributed by atoms with van der Waals surface area (Å²) >= 11 is 0. The largest absolute Gasteiger partial charge is 0.495 e. The summed E-state index contributed by atoms with van der Waals surface area (Å²) in [6.45, 7) is 4.46. The molecule has 0 spiro atoms. The summed E-state index contributed by atoms with van der Waals surface area (Å²) in [4.78, 5) is 0.281.